The van der Waals surface area contributed by atoms with E-state index in [-0.39, 0.29) is 13.2 Å². The molecule has 0 aliphatic carbocycles. The van der Waals surface area contributed by atoms with Crippen molar-refractivity contribution in [3.05, 3.63) is 19.8 Å². The average Bonchev–Trinajstić information content (AvgIpc) is 2.70. The Labute approximate surface area is 134 Å². The molecule has 0 spiro atoms. The summed E-state index contributed by atoms with van der Waals surface area (Å²) in [6.45, 7) is 3.45. The van der Waals surface area contributed by atoms with Crippen molar-refractivity contribution in [1.29, 1.82) is 0 Å². The Kier molecular flexibility index (Phi) is 6.94. The van der Waals surface area contributed by atoms with Crippen LogP contribution in [-0.4, -0.2) is 30.3 Å². The van der Waals surface area contributed by atoms with Gasteiger partial charge >= 0.3 is 11.9 Å². The first-order chi connectivity index (χ1) is 9.42. The van der Waals surface area contributed by atoms with Gasteiger partial charge in [-0.05, 0) is 35.8 Å². The number of aliphatic hydroxyl groups excluding tert-OH is 1. The lowest BCUT2D eigenvalue weighted by atomic mass is 10.0. The third-order valence-electron chi connectivity index (χ3n) is 2.35. The summed E-state index contributed by atoms with van der Waals surface area (Å²) in [4.78, 5) is 24.1. The third-order valence-corrected chi connectivity index (χ3v) is 4.90. The van der Waals surface area contributed by atoms with Gasteiger partial charge < -0.3 is 14.6 Å². The van der Waals surface area contributed by atoms with Crippen molar-refractivity contribution >= 4 is 50.8 Å². The molecule has 0 saturated heterocycles. The van der Waals surface area contributed by atoms with Crippen molar-refractivity contribution in [2.45, 2.75) is 20.0 Å². The van der Waals surface area contributed by atoms with Gasteiger partial charge in [0.15, 0.2) is 5.92 Å². The maximum absolute atomic E-state index is 11.8. The minimum atomic E-state index is -1.42. The number of halogens is 2. The molecular formula is C12H14BrClO5S. The first kappa shape index (κ1) is 17.4. The van der Waals surface area contributed by atoms with Gasteiger partial charge in [0.25, 0.3) is 0 Å². The second-order valence-electron chi connectivity index (χ2n) is 3.70. The number of carbonyl (C=O) groups excluding carboxylic acids is 2. The zero-order valence-electron chi connectivity index (χ0n) is 10.9. The van der Waals surface area contributed by atoms with E-state index in [0.29, 0.717) is 13.7 Å². The fourth-order valence-electron chi connectivity index (χ4n) is 1.49. The molecule has 112 valence electrons. The number of rotatable bonds is 6. The van der Waals surface area contributed by atoms with Crippen LogP contribution in [0.3, 0.4) is 0 Å². The van der Waals surface area contributed by atoms with Gasteiger partial charge in [0.1, 0.15) is 10.4 Å². The van der Waals surface area contributed by atoms with E-state index < -0.39 is 24.0 Å². The van der Waals surface area contributed by atoms with Crippen molar-refractivity contribution in [3.8, 4) is 0 Å². The third kappa shape index (κ3) is 4.18. The topological polar surface area (TPSA) is 72.8 Å². The highest BCUT2D eigenvalue weighted by atomic mass is 79.9. The predicted molar refractivity (Wildman–Crippen MR) is 78.7 cm³/mol. The van der Waals surface area contributed by atoms with Gasteiger partial charge in [-0.2, -0.15) is 0 Å². The molecule has 1 atom stereocenters. The van der Waals surface area contributed by atoms with E-state index in [4.69, 9.17) is 21.1 Å². The smallest absolute Gasteiger partial charge is 0.323 e. The van der Waals surface area contributed by atoms with Gasteiger partial charge in [0, 0.05) is 9.35 Å². The molecule has 5 nitrogen and oxygen atoms in total. The molecule has 0 radical (unpaired) electrons. The number of hydrogen-bond acceptors (Lipinski definition) is 6. The number of ether oxygens (including phenoxy) is 2. The summed E-state index contributed by atoms with van der Waals surface area (Å²) in [7, 11) is 0. The van der Waals surface area contributed by atoms with Gasteiger partial charge in [-0.3, -0.25) is 9.59 Å². The monoisotopic (exact) mass is 384 g/mol. The average molecular weight is 386 g/mol. The highest BCUT2D eigenvalue weighted by Gasteiger charge is 2.38. The zero-order valence-corrected chi connectivity index (χ0v) is 14.0. The Morgan fingerprint density at radius 2 is 1.85 bits per heavy atom. The summed E-state index contributed by atoms with van der Waals surface area (Å²) in [6.07, 6.45) is -1.36. The molecule has 0 aliphatic heterocycles. The highest BCUT2D eigenvalue weighted by molar-refractivity contribution is 9.10. The van der Waals surface area contributed by atoms with Crippen LogP contribution >= 0.6 is 38.9 Å². The summed E-state index contributed by atoms with van der Waals surface area (Å²) in [5.41, 5.74) is 0. The second kappa shape index (κ2) is 7.97. The Balaban J connectivity index is 3.02. The van der Waals surface area contributed by atoms with Gasteiger partial charge in [-0.15, -0.1) is 11.3 Å². The van der Waals surface area contributed by atoms with Crippen LogP contribution in [-0.2, 0) is 19.1 Å². The van der Waals surface area contributed by atoms with Crippen molar-refractivity contribution < 1.29 is 24.2 Å². The summed E-state index contributed by atoms with van der Waals surface area (Å²) in [5.74, 6) is -3.06. The molecule has 0 aliphatic rings. The van der Waals surface area contributed by atoms with Crippen molar-refractivity contribution in [2.75, 3.05) is 13.2 Å². The van der Waals surface area contributed by atoms with Gasteiger partial charge in [-0.25, -0.2) is 0 Å². The molecule has 0 saturated carbocycles. The quantitative estimate of drug-likeness (QED) is 0.602. The van der Waals surface area contributed by atoms with Crippen molar-refractivity contribution in [2.24, 2.45) is 5.92 Å². The lowest BCUT2D eigenvalue weighted by molar-refractivity contribution is -0.167. The number of carbonyl (C=O) groups is 2. The molecular weight excluding hydrogens is 372 g/mol. The number of thiophene rings is 1. The van der Waals surface area contributed by atoms with E-state index in [1.807, 2.05) is 0 Å². The van der Waals surface area contributed by atoms with Crippen LogP contribution in [0.15, 0.2) is 10.5 Å². The Hall–Kier alpha value is -0.630. The zero-order chi connectivity index (χ0) is 15.3. The standard InChI is InChI=1S/C12H14BrClO5S/c1-3-18-11(16)8(12(17)19-4-2)9(15)7-5-6(13)10(14)20-7/h5,8-9,15H,3-4H2,1-2H3. The molecule has 1 unspecified atom stereocenters. The first-order valence-electron chi connectivity index (χ1n) is 5.88. The fourth-order valence-corrected chi connectivity index (χ4v) is 3.25. The lowest BCUT2D eigenvalue weighted by Gasteiger charge is -2.18. The fraction of sp³-hybridized carbons (Fsp3) is 0.500. The molecule has 1 aromatic rings. The van der Waals surface area contributed by atoms with E-state index in [1.54, 1.807) is 19.9 Å². The first-order valence-corrected chi connectivity index (χ1v) is 7.87. The van der Waals surface area contributed by atoms with E-state index in [9.17, 15) is 14.7 Å². The van der Waals surface area contributed by atoms with E-state index in [0.717, 1.165) is 11.3 Å². The Morgan fingerprint density at radius 1 is 1.35 bits per heavy atom. The molecule has 0 aromatic carbocycles. The number of esters is 2. The van der Waals surface area contributed by atoms with Crippen LogP contribution < -0.4 is 0 Å². The molecule has 0 fully saturated rings. The second-order valence-corrected chi connectivity index (χ2v) is 6.24. The molecule has 1 N–H and O–H groups in total. The maximum Gasteiger partial charge on any atom is 0.323 e. The van der Waals surface area contributed by atoms with Crippen molar-refractivity contribution in [3.63, 3.8) is 0 Å². The minimum absolute atomic E-state index is 0.107. The molecule has 1 aromatic heterocycles. The van der Waals surface area contributed by atoms with Crippen LogP contribution in [0, 0.1) is 5.92 Å². The van der Waals surface area contributed by atoms with Gasteiger partial charge in [0.05, 0.1) is 13.2 Å². The molecule has 1 rings (SSSR count). The normalized spacial score (nSPS) is 12.3. The number of hydrogen-bond donors (Lipinski definition) is 1. The van der Waals surface area contributed by atoms with E-state index in [1.165, 1.54) is 0 Å². The largest absolute Gasteiger partial charge is 0.465 e. The summed E-state index contributed by atoms with van der Waals surface area (Å²) in [6, 6.07) is 1.56. The molecule has 8 heteroatoms. The Bertz CT molecular complexity index is 453. The van der Waals surface area contributed by atoms with Crippen molar-refractivity contribution in [1.82, 2.24) is 0 Å². The van der Waals surface area contributed by atoms with Gasteiger partial charge in [-0.1, -0.05) is 11.6 Å². The summed E-state index contributed by atoms with van der Waals surface area (Å²) >= 11 is 10.2. The number of aliphatic hydroxyl groups is 1. The van der Waals surface area contributed by atoms with Crippen LogP contribution in [0.25, 0.3) is 0 Å². The lowest BCUT2D eigenvalue weighted by Crippen LogP contribution is -2.33. The summed E-state index contributed by atoms with van der Waals surface area (Å²) < 4.78 is 10.6. The van der Waals surface area contributed by atoms with Crippen LogP contribution in [0.1, 0.15) is 24.8 Å². The van der Waals surface area contributed by atoms with Gasteiger partial charge in [0.2, 0.25) is 0 Å². The predicted octanol–water partition coefficient (Wildman–Crippen LogP) is 2.94. The minimum Gasteiger partial charge on any atom is -0.465 e. The molecule has 20 heavy (non-hydrogen) atoms. The SMILES string of the molecule is CCOC(=O)C(C(=O)OCC)C(O)c1cc(Br)c(Cl)s1. The van der Waals surface area contributed by atoms with Crippen LogP contribution in [0.5, 0.6) is 0 Å². The molecule has 0 bridgehead atoms. The van der Waals surface area contributed by atoms with Crippen LogP contribution in [0.4, 0.5) is 0 Å². The maximum atomic E-state index is 11.8. The van der Waals surface area contributed by atoms with E-state index in [2.05, 4.69) is 15.9 Å². The molecule has 1 heterocycles. The van der Waals surface area contributed by atoms with E-state index >= 15 is 0 Å². The highest BCUT2D eigenvalue weighted by Crippen LogP contribution is 2.38. The van der Waals surface area contributed by atoms with Crippen LogP contribution in [0.2, 0.25) is 4.34 Å². The summed E-state index contributed by atoms with van der Waals surface area (Å²) in [5, 5.41) is 10.2. The Morgan fingerprint density at radius 3 is 2.20 bits per heavy atom. The molecule has 0 amide bonds.